The van der Waals surface area contributed by atoms with Gasteiger partial charge in [0.05, 0.1) is 6.26 Å². The van der Waals surface area contributed by atoms with E-state index < -0.39 is 0 Å². The minimum atomic E-state index is -0.287. The van der Waals surface area contributed by atoms with Gasteiger partial charge in [-0.25, -0.2) is 0 Å². The van der Waals surface area contributed by atoms with Gasteiger partial charge in [0, 0.05) is 31.5 Å². The molecule has 1 N–H and O–H groups in total. The van der Waals surface area contributed by atoms with E-state index in [-0.39, 0.29) is 23.6 Å². The second-order valence-electron chi connectivity index (χ2n) is 6.67. The molecule has 0 aliphatic carbocycles. The monoisotopic (exact) mass is 340 g/mol. The fraction of sp³-hybridized carbons (Fsp3) is 0.400. The number of amides is 2. The first-order chi connectivity index (χ1) is 12.1. The Labute approximate surface area is 148 Å². The van der Waals surface area contributed by atoms with Crippen LogP contribution in [0.3, 0.4) is 0 Å². The summed E-state index contributed by atoms with van der Waals surface area (Å²) in [5, 5.41) is 2.73. The fourth-order valence-electron chi connectivity index (χ4n) is 3.57. The number of nitrogens with zero attached hydrogens (tertiary/aromatic N) is 1. The molecule has 1 fully saturated rings. The number of carbonyl (C=O) groups is 2. The van der Waals surface area contributed by atoms with Crippen molar-refractivity contribution in [2.45, 2.75) is 38.6 Å². The van der Waals surface area contributed by atoms with Gasteiger partial charge in [-0.15, -0.1) is 0 Å². The number of nitrogens with one attached hydrogen (secondary N) is 1. The van der Waals surface area contributed by atoms with Crippen molar-refractivity contribution in [2.24, 2.45) is 0 Å². The molecule has 2 amide bonds. The lowest BCUT2D eigenvalue weighted by molar-refractivity contribution is -0.131. The highest BCUT2D eigenvalue weighted by Crippen LogP contribution is 2.33. The molecule has 25 heavy (non-hydrogen) atoms. The Morgan fingerprint density at radius 3 is 2.76 bits per heavy atom. The predicted molar refractivity (Wildman–Crippen MR) is 95.4 cm³/mol. The van der Waals surface area contributed by atoms with E-state index in [0.717, 1.165) is 13.0 Å². The number of hydrogen-bond donors (Lipinski definition) is 1. The van der Waals surface area contributed by atoms with E-state index in [4.69, 9.17) is 4.42 Å². The summed E-state index contributed by atoms with van der Waals surface area (Å²) in [6.45, 7) is 5.28. The molecule has 0 spiro atoms. The number of carbonyl (C=O) groups excluding carboxylic acids is 2. The van der Waals surface area contributed by atoms with Crippen LogP contribution < -0.4 is 5.32 Å². The van der Waals surface area contributed by atoms with Crippen molar-refractivity contribution in [3.05, 3.63) is 59.5 Å². The lowest BCUT2D eigenvalue weighted by atomic mass is 9.93. The molecule has 5 nitrogen and oxygen atoms in total. The smallest absolute Gasteiger partial charge is 0.286 e. The number of furan rings is 1. The van der Waals surface area contributed by atoms with Crippen molar-refractivity contribution in [1.29, 1.82) is 0 Å². The van der Waals surface area contributed by atoms with E-state index in [1.807, 2.05) is 11.0 Å². The lowest BCUT2D eigenvalue weighted by Gasteiger charge is -2.21. The maximum atomic E-state index is 12.5. The lowest BCUT2D eigenvalue weighted by Crippen LogP contribution is -2.36. The Balaban J connectivity index is 1.52. The third-order valence-corrected chi connectivity index (χ3v) is 4.89. The molecule has 5 heteroatoms. The Bertz CT molecular complexity index is 739. The Kier molecular flexibility index (Phi) is 5.22. The predicted octanol–water partition coefficient (Wildman–Crippen LogP) is 3.11. The average Bonchev–Trinajstić information content (AvgIpc) is 3.25. The highest BCUT2D eigenvalue weighted by atomic mass is 16.3. The molecule has 2 heterocycles. The standard InChI is InChI=1S/C20H24N2O3/c1-14-6-3-4-7-17(14)16-12-15(2)22(13-16)19(23)9-10-21-20(24)18-8-5-11-25-18/h3-8,11,15-16H,9-10,12-13H2,1-2H3,(H,21,24). The number of hydrogen-bond acceptors (Lipinski definition) is 3. The average molecular weight is 340 g/mol. The van der Waals surface area contributed by atoms with Crippen LogP contribution in [0.5, 0.6) is 0 Å². The van der Waals surface area contributed by atoms with E-state index in [0.29, 0.717) is 18.9 Å². The van der Waals surface area contributed by atoms with E-state index in [9.17, 15) is 9.59 Å². The van der Waals surface area contributed by atoms with Crippen molar-refractivity contribution in [3.63, 3.8) is 0 Å². The zero-order valence-electron chi connectivity index (χ0n) is 14.7. The highest BCUT2D eigenvalue weighted by molar-refractivity contribution is 5.91. The van der Waals surface area contributed by atoms with Gasteiger partial charge >= 0.3 is 0 Å². The molecule has 132 valence electrons. The first-order valence-electron chi connectivity index (χ1n) is 8.73. The van der Waals surface area contributed by atoms with E-state index in [2.05, 4.69) is 37.4 Å². The number of aryl methyl sites for hydroxylation is 1. The molecule has 2 atom stereocenters. The van der Waals surface area contributed by atoms with Crippen LogP contribution in [0.4, 0.5) is 0 Å². The SMILES string of the molecule is Cc1ccccc1C1CC(C)N(C(=O)CCNC(=O)c2ccco2)C1. The summed E-state index contributed by atoms with van der Waals surface area (Å²) in [6, 6.07) is 11.9. The Morgan fingerprint density at radius 1 is 1.24 bits per heavy atom. The maximum Gasteiger partial charge on any atom is 0.286 e. The molecule has 2 aromatic rings. The van der Waals surface area contributed by atoms with Crippen LogP contribution in [0.1, 0.15) is 47.4 Å². The van der Waals surface area contributed by atoms with Gasteiger partial charge in [0.25, 0.3) is 5.91 Å². The van der Waals surface area contributed by atoms with Gasteiger partial charge in [-0.1, -0.05) is 24.3 Å². The third-order valence-electron chi connectivity index (χ3n) is 4.89. The summed E-state index contributed by atoms with van der Waals surface area (Å²) in [7, 11) is 0. The quantitative estimate of drug-likeness (QED) is 0.910. The van der Waals surface area contributed by atoms with Gasteiger partial charge in [-0.3, -0.25) is 9.59 Å². The Hall–Kier alpha value is -2.56. The van der Waals surface area contributed by atoms with Crippen molar-refractivity contribution >= 4 is 11.8 Å². The second-order valence-corrected chi connectivity index (χ2v) is 6.67. The van der Waals surface area contributed by atoms with Crippen molar-refractivity contribution in [3.8, 4) is 0 Å². The van der Waals surface area contributed by atoms with Gasteiger partial charge in [0.15, 0.2) is 5.76 Å². The zero-order chi connectivity index (χ0) is 17.8. The van der Waals surface area contributed by atoms with Gasteiger partial charge in [0.2, 0.25) is 5.91 Å². The summed E-state index contributed by atoms with van der Waals surface area (Å²) in [4.78, 5) is 26.3. The molecular weight excluding hydrogens is 316 g/mol. The van der Waals surface area contributed by atoms with Gasteiger partial charge in [0.1, 0.15) is 0 Å². The van der Waals surface area contributed by atoms with Crippen LogP contribution in [-0.2, 0) is 4.79 Å². The van der Waals surface area contributed by atoms with E-state index >= 15 is 0 Å². The van der Waals surface area contributed by atoms with Crippen molar-refractivity contribution in [2.75, 3.05) is 13.1 Å². The number of rotatable bonds is 5. The van der Waals surface area contributed by atoms with Gasteiger partial charge in [-0.2, -0.15) is 0 Å². The normalized spacial score (nSPS) is 19.8. The van der Waals surface area contributed by atoms with Gasteiger partial charge in [-0.05, 0) is 43.5 Å². The molecule has 3 rings (SSSR count). The van der Waals surface area contributed by atoms with E-state index in [1.54, 1.807) is 12.1 Å². The van der Waals surface area contributed by atoms with Crippen LogP contribution >= 0.6 is 0 Å². The molecule has 1 aromatic heterocycles. The molecule has 1 saturated heterocycles. The molecule has 0 bridgehead atoms. The highest BCUT2D eigenvalue weighted by Gasteiger charge is 2.33. The molecule has 1 aromatic carbocycles. The first kappa shape index (κ1) is 17.3. The summed E-state index contributed by atoms with van der Waals surface area (Å²) in [6.07, 6.45) is 2.74. The zero-order valence-corrected chi connectivity index (χ0v) is 14.7. The van der Waals surface area contributed by atoms with Crippen molar-refractivity contribution in [1.82, 2.24) is 10.2 Å². The molecule has 0 saturated carbocycles. The summed E-state index contributed by atoms with van der Waals surface area (Å²) < 4.78 is 5.04. The Morgan fingerprint density at radius 2 is 2.04 bits per heavy atom. The molecule has 0 radical (unpaired) electrons. The fourth-order valence-corrected chi connectivity index (χ4v) is 3.57. The summed E-state index contributed by atoms with van der Waals surface area (Å²) >= 11 is 0. The van der Waals surface area contributed by atoms with E-state index in [1.165, 1.54) is 17.4 Å². The minimum Gasteiger partial charge on any atom is -0.459 e. The first-order valence-corrected chi connectivity index (χ1v) is 8.73. The molecule has 1 aliphatic rings. The van der Waals surface area contributed by atoms with Crippen LogP contribution in [0.25, 0.3) is 0 Å². The van der Waals surface area contributed by atoms with Crippen LogP contribution in [-0.4, -0.2) is 35.8 Å². The van der Waals surface area contributed by atoms with Crippen LogP contribution in [0.15, 0.2) is 47.1 Å². The second kappa shape index (κ2) is 7.55. The maximum absolute atomic E-state index is 12.5. The number of likely N-dealkylation sites (tertiary alicyclic amines) is 1. The molecule has 2 unspecified atom stereocenters. The molecular formula is C20H24N2O3. The van der Waals surface area contributed by atoms with Gasteiger partial charge < -0.3 is 14.6 Å². The topological polar surface area (TPSA) is 62.6 Å². The van der Waals surface area contributed by atoms with Crippen LogP contribution in [0, 0.1) is 6.92 Å². The minimum absolute atomic E-state index is 0.0864. The summed E-state index contributed by atoms with van der Waals surface area (Å²) in [5.41, 5.74) is 2.61. The number of benzene rings is 1. The summed E-state index contributed by atoms with van der Waals surface area (Å²) in [5.74, 6) is 0.452. The third kappa shape index (κ3) is 3.92. The largest absolute Gasteiger partial charge is 0.459 e. The van der Waals surface area contributed by atoms with Crippen LogP contribution in [0.2, 0.25) is 0 Å². The van der Waals surface area contributed by atoms with Crippen molar-refractivity contribution < 1.29 is 14.0 Å². The molecule has 1 aliphatic heterocycles.